The predicted molar refractivity (Wildman–Crippen MR) is 81.2 cm³/mol. The highest BCUT2D eigenvalue weighted by molar-refractivity contribution is 9.10. The maximum Gasteiger partial charge on any atom is 0.238 e. The Bertz CT molecular complexity index is 497. The molecule has 0 spiro atoms. The van der Waals surface area contributed by atoms with Crippen LogP contribution in [0.1, 0.15) is 13.8 Å². The molecule has 2 atom stereocenters. The van der Waals surface area contributed by atoms with Crippen molar-refractivity contribution in [2.24, 2.45) is 0 Å². The van der Waals surface area contributed by atoms with Gasteiger partial charge in [0.15, 0.2) is 0 Å². The summed E-state index contributed by atoms with van der Waals surface area (Å²) >= 11 is 3.19. The van der Waals surface area contributed by atoms with Gasteiger partial charge in [-0.3, -0.25) is 9.69 Å². The van der Waals surface area contributed by atoms with Crippen molar-refractivity contribution in [3.63, 3.8) is 0 Å². The van der Waals surface area contributed by atoms with Gasteiger partial charge in [0.05, 0.1) is 12.2 Å². The van der Waals surface area contributed by atoms with Crippen LogP contribution in [0, 0.1) is 5.82 Å². The third-order valence-electron chi connectivity index (χ3n) is 3.45. The van der Waals surface area contributed by atoms with Gasteiger partial charge in [-0.15, -0.1) is 0 Å². The fourth-order valence-electron chi connectivity index (χ4n) is 2.28. The van der Waals surface area contributed by atoms with Gasteiger partial charge in [0.1, 0.15) is 5.82 Å². The normalized spacial score (nSPS) is 23.6. The molecule has 1 saturated heterocycles. The van der Waals surface area contributed by atoms with Gasteiger partial charge < -0.3 is 10.6 Å². The number of hydrogen-bond acceptors (Lipinski definition) is 3. The molecule has 110 valence electrons. The Hall–Kier alpha value is -0.980. The van der Waals surface area contributed by atoms with E-state index in [-0.39, 0.29) is 18.1 Å². The van der Waals surface area contributed by atoms with E-state index in [1.54, 1.807) is 12.1 Å². The average molecular weight is 344 g/mol. The van der Waals surface area contributed by atoms with Crippen molar-refractivity contribution in [3.05, 3.63) is 28.5 Å². The number of carbonyl (C=O) groups excluding carboxylic acids is 1. The van der Waals surface area contributed by atoms with Crippen LogP contribution in [-0.2, 0) is 4.79 Å². The fourth-order valence-corrected chi connectivity index (χ4v) is 2.62. The van der Waals surface area contributed by atoms with E-state index < -0.39 is 5.82 Å². The summed E-state index contributed by atoms with van der Waals surface area (Å²) in [6.45, 7) is 6.12. The van der Waals surface area contributed by atoms with Gasteiger partial charge >= 0.3 is 0 Å². The van der Waals surface area contributed by atoms with E-state index in [1.807, 2.05) is 0 Å². The molecule has 2 rings (SSSR count). The molecule has 4 nitrogen and oxygen atoms in total. The monoisotopic (exact) mass is 343 g/mol. The first-order chi connectivity index (χ1) is 9.45. The Labute approximate surface area is 126 Å². The third kappa shape index (κ3) is 4.01. The summed E-state index contributed by atoms with van der Waals surface area (Å²) in [6.07, 6.45) is 0. The molecule has 1 aliphatic heterocycles. The molecule has 0 bridgehead atoms. The quantitative estimate of drug-likeness (QED) is 0.884. The number of carbonyl (C=O) groups is 1. The van der Waals surface area contributed by atoms with Crippen molar-refractivity contribution in [2.45, 2.75) is 25.9 Å². The first-order valence-corrected chi connectivity index (χ1v) is 7.47. The molecule has 6 heteroatoms. The maximum atomic E-state index is 13.7. The molecule has 1 aliphatic rings. The van der Waals surface area contributed by atoms with E-state index in [1.165, 1.54) is 6.07 Å². The number of anilines is 1. The van der Waals surface area contributed by atoms with E-state index in [2.05, 4.69) is 45.3 Å². The lowest BCUT2D eigenvalue weighted by molar-refractivity contribution is -0.118. The molecule has 0 saturated carbocycles. The first-order valence-electron chi connectivity index (χ1n) is 6.68. The smallest absolute Gasteiger partial charge is 0.238 e. The zero-order valence-corrected chi connectivity index (χ0v) is 13.2. The molecule has 1 fully saturated rings. The standard InChI is InChI=1S/C14H19BrFN3O/c1-9-7-19(10(2)6-17-9)8-14(20)18-13-4-3-11(15)5-12(13)16/h3-5,9-10,17H,6-8H2,1-2H3,(H,18,20). The zero-order valence-electron chi connectivity index (χ0n) is 11.6. The summed E-state index contributed by atoms with van der Waals surface area (Å²) in [7, 11) is 0. The van der Waals surface area contributed by atoms with E-state index in [9.17, 15) is 9.18 Å². The SMILES string of the molecule is CC1CN(CC(=O)Nc2ccc(Br)cc2F)C(C)CN1. The summed E-state index contributed by atoms with van der Waals surface area (Å²) < 4.78 is 14.3. The topological polar surface area (TPSA) is 44.4 Å². The van der Waals surface area contributed by atoms with Crippen LogP contribution in [-0.4, -0.2) is 42.5 Å². The molecule has 0 aromatic heterocycles. The van der Waals surface area contributed by atoms with Crippen molar-refractivity contribution < 1.29 is 9.18 Å². The van der Waals surface area contributed by atoms with E-state index in [0.717, 1.165) is 13.1 Å². The minimum absolute atomic E-state index is 0.188. The van der Waals surface area contributed by atoms with E-state index in [4.69, 9.17) is 0 Å². The molecule has 20 heavy (non-hydrogen) atoms. The first kappa shape index (κ1) is 15.4. The van der Waals surface area contributed by atoms with Gasteiger partial charge in [0, 0.05) is 29.6 Å². The number of rotatable bonds is 3. The highest BCUT2D eigenvalue weighted by Crippen LogP contribution is 2.19. The summed E-state index contributed by atoms with van der Waals surface area (Å²) in [4.78, 5) is 14.1. The summed E-state index contributed by atoms with van der Waals surface area (Å²) in [5, 5.41) is 5.98. The highest BCUT2D eigenvalue weighted by Gasteiger charge is 2.24. The van der Waals surface area contributed by atoms with Crippen LogP contribution in [0.5, 0.6) is 0 Å². The number of nitrogens with zero attached hydrogens (tertiary/aromatic N) is 1. The number of benzene rings is 1. The summed E-state index contributed by atoms with van der Waals surface area (Å²) in [5.41, 5.74) is 0.217. The Kier molecular flexibility index (Phi) is 5.12. The molecule has 0 aliphatic carbocycles. The van der Waals surface area contributed by atoms with Crippen LogP contribution < -0.4 is 10.6 Å². The third-order valence-corrected chi connectivity index (χ3v) is 3.94. The maximum absolute atomic E-state index is 13.7. The molecule has 1 heterocycles. The van der Waals surface area contributed by atoms with Crippen LogP contribution in [0.25, 0.3) is 0 Å². The van der Waals surface area contributed by atoms with Crippen molar-refractivity contribution in [3.8, 4) is 0 Å². The number of amides is 1. The van der Waals surface area contributed by atoms with Crippen molar-refractivity contribution in [2.75, 3.05) is 25.0 Å². The number of piperazine rings is 1. The van der Waals surface area contributed by atoms with Crippen molar-refractivity contribution >= 4 is 27.5 Å². The lowest BCUT2D eigenvalue weighted by Gasteiger charge is -2.36. The molecular formula is C14H19BrFN3O. The second-order valence-electron chi connectivity index (χ2n) is 5.26. The largest absolute Gasteiger partial charge is 0.322 e. The van der Waals surface area contributed by atoms with Gasteiger partial charge in [-0.25, -0.2) is 4.39 Å². The minimum atomic E-state index is -0.436. The molecule has 0 radical (unpaired) electrons. The van der Waals surface area contributed by atoms with E-state index >= 15 is 0 Å². The van der Waals surface area contributed by atoms with Crippen LogP contribution in [0.2, 0.25) is 0 Å². The van der Waals surface area contributed by atoms with Gasteiger partial charge in [-0.2, -0.15) is 0 Å². The van der Waals surface area contributed by atoms with Crippen LogP contribution >= 0.6 is 15.9 Å². The van der Waals surface area contributed by atoms with Crippen LogP contribution in [0.4, 0.5) is 10.1 Å². The van der Waals surface area contributed by atoms with Gasteiger partial charge in [0.2, 0.25) is 5.91 Å². The zero-order chi connectivity index (χ0) is 14.7. The molecular weight excluding hydrogens is 325 g/mol. The molecule has 1 aromatic rings. The number of halogens is 2. The van der Waals surface area contributed by atoms with Crippen molar-refractivity contribution in [1.29, 1.82) is 0 Å². The van der Waals surface area contributed by atoms with Crippen LogP contribution in [0.15, 0.2) is 22.7 Å². The summed E-state index contributed by atoms with van der Waals surface area (Å²) in [6, 6.07) is 5.26. The number of nitrogens with one attached hydrogen (secondary N) is 2. The van der Waals surface area contributed by atoms with E-state index in [0.29, 0.717) is 16.6 Å². The summed E-state index contributed by atoms with van der Waals surface area (Å²) in [5.74, 6) is -0.623. The molecule has 1 aromatic carbocycles. The van der Waals surface area contributed by atoms with Gasteiger partial charge in [0.25, 0.3) is 0 Å². The van der Waals surface area contributed by atoms with Gasteiger partial charge in [-0.1, -0.05) is 15.9 Å². The second-order valence-corrected chi connectivity index (χ2v) is 6.18. The predicted octanol–water partition coefficient (Wildman–Crippen LogP) is 2.21. The lowest BCUT2D eigenvalue weighted by Crippen LogP contribution is -2.55. The van der Waals surface area contributed by atoms with Crippen LogP contribution in [0.3, 0.4) is 0 Å². The Morgan fingerprint density at radius 3 is 3.00 bits per heavy atom. The van der Waals surface area contributed by atoms with Crippen molar-refractivity contribution in [1.82, 2.24) is 10.2 Å². The molecule has 1 amide bonds. The Morgan fingerprint density at radius 1 is 1.55 bits per heavy atom. The lowest BCUT2D eigenvalue weighted by atomic mass is 10.1. The Morgan fingerprint density at radius 2 is 2.30 bits per heavy atom. The average Bonchev–Trinajstić information content (AvgIpc) is 2.37. The molecule has 2 N–H and O–H groups in total. The molecule has 2 unspecified atom stereocenters. The minimum Gasteiger partial charge on any atom is -0.322 e. The second kappa shape index (κ2) is 6.65. The number of hydrogen-bond donors (Lipinski definition) is 2. The fraction of sp³-hybridized carbons (Fsp3) is 0.500. The van der Waals surface area contributed by atoms with Gasteiger partial charge in [-0.05, 0) is 32.0 Å². The highest BCUT2D eigenvalue weighted by atomic mass is 79.9. The Balaban J connectivity index is 1.94.